The highest BCUT2D eigenvalue weighted by Gasteiger charge is 2.24. The van der Waals surface area contributed by atoms with Crippen LogP contribution in [-0.2, 0) is 7.05 Å². The molecule has 5 rings (SSSR count). The molecule has 0 spiro atoms. The van der Waals surface area contributed by atoms with Crippen molar-refractivity contribution < 1.29 is 4.79 Å². The van der Waals surface area contributed by atoms with Crippen LogP contribution in [0.3, 0.4) is 0 Å². The maximum absolute atomic E-state index is 12.3. The Bertz CT molecular complexity index is 1410. The van der Waals surface area contributed by atoms with Gasteiger partial charge in [-0.3, -0.25) is 14.5 Å². The van der Waals surface area contributed by atoms with Gasteiger partial charge in [-0.2, -0.15) is 5.10 Å². The summed E-state index contributed by atoms with van der Waals surface area (Å²) in [5.74, 6) is -0.00830. The summed E-state index contributed by atoms with van der Waals surface area (Å²) in [6.45, 7) is 8.15. The van der Waals surface area contributed by atoms with Gasteiger partial charge in [0, 0.05) is 41.9 Å². The highest BCUT2D eigenvalue weighted by Crippen LogP contribution is 2.46. The Morgan fingerprint density at radius 2 is 2.13 bits per heavy atom. The number of carbonyl (C=O) groups excluding carboxylic acids is 1. The first-order chi connectivity index (χ1) is 14.6. The van der Waals surface area contributed by atoms with E-state index >= 15 is 0 Å². The van der Waals surface area contributed by atoms with Gasteiger partial charge in [-0.15, -0.1) is 11.3 Å². The van der Waals surface area contributed by atoms with Crippen molar-refractivity contribution in [1.82, 2.24) is 14.8 Å². The molecular weight excluding hydrogens is 396 g/mol. The second-order valence-electron chi connectivity index (χ2n) is 6.93. The van der Waals surface area contributed by atoms with Gasteiger partial charge in [-0.05, 0) is 17.7 Å². The number of aliphatic imine (C=N–C) groups is 1. The van der Waals surface area contributed by atoms with Gasteiger partial charge in [0.2, 0.25) is 5.69 Å². The zero-order valence-corrected chi connectivity index (χ0v) is 16.9. The average Bonchev–Trinajstić information content (AvgIpc) is 3.33. The van der Waals surface area contributed by atoms with E-state index in [0.29, 0.717) is 11.3 Å². The van der Waals surface area contributed by atoms with Crippen LogP contribution in [0.15, 0.2) is 47.7 Å². The largest absolute Gasteiger partial charge is 0.325 e. The van der Waals surface area contributed by atoms with Gasteiger partial charge in [-0.1, -0.05) is 18.2 Å². The van der Waals surface area contributed by atoms with Crippen molar-refractivity contribution in [3.8, 4) is 21.7 Å². The molecule has 8 heteroatoms. The van der Waals surface area contributed by atoms with Crippen molar-refractivity contribution >= 4 is 38.7 Å². The van der Waals surface area contributed by atoms with Gasteiger partial charge in [0.05, 0.1) is 29.1 Å². The number of nitrogens with two attached hydrogens (primary N) is 1. The molecule has 0 bridgehead atoms. The number of carbonyl (C=O) groups is 1. The molecule has 0 amide bonds. The molecule has 30 heavy (non-hydrogen) atoms. The van der Waals surface area contributed by atoms with Crippen LogP contribution < -0.4 is 5.73 Å². The molecule has 0 saturated carbocycles. The number of Topliss-reactive ketones (excluding diaryl/α,β-unsaturated/α-hetero) is 1. The molecule has 3 aromatic heterocycles. The molecule has 4 aromatic rings. The zero-order chi connectivity index (χ0) is 20.8. The smallest absolute Gasteiger partial charge is 0.216 e. The van der Waals surface area contributed by atoms with E-state index in [1.54, 1.807) is 17.1 Å². The van der Waals surface area contributed by atoms with E-state index in [9.17, 15) is 4.79 Å². The number of benzene rings is 1. The van der Waals surface area contributed by atoms with Gasteiger partial charge in [-0.25, -0.2) is 9.83 Å². The fraction of sp³-hybridized carbons (Fsp3) is 0.136. The third-order valence-corrected chi connectivity index (χ3v) is 6.36. The van der Waals surface area contributed by atoms with E-state index in [-0.39, 0.29) is 18.9 Å². The number of nitrogens with zero attached hydrogens (tertiary/aromatic N) is 5. The monoisotopic (exact) mass is 412 g/mol. The minimum absolute atomic E-state index is 0.00830. The summed E-state index contributed by atoms with van der Waals surface area (Å²) in [5.41, 5.74) is 11.2. The number of aryl methyl sites for hydroxylation is 1. The van der Waals surface area contributed by atoms with Gasteiger partial charge in [0.1, 0.15) is 11.4 Å². The predicted octanol–water partition coefficient (Wildman–Crippen LogP) is 3.86. The molecule has 4 heterocycles. The topological polar surface area (TPSA) is 90.5 Å². The Labute approximate surface area is 176 Å². The maximum Gasteiger partial charge on any atom is 0.216 e. The van der Waals surface area contributed by atoms with Gasteiger partial charge >= 0.3 is 0 Å². The van der Waals surface area contributed by atoms with Crippen molar-refractivity contribution in [2.24, 2.45) is 17.8 Å². The first-order valence-corrected chi connectivity index (χ1v) is 10.1. The van der Waals surface area contributed by atoms with Crippen LogP contribution in [0.25, 0.3) is 36.8 Å². The summed E-state index contributed by atoms with van der Waals surface area (Å²) >= 11 is 1.48. The highest BCUT2D eigenvalue weighted by molar-refractivity contribution is 7.22. The van der Waals surface area contributed by atoms with E-state index in [4.69, 9.17) is 12.3 Å². The summed E-state index contributed by atoms with van der Waals surface area (Å²) < 4.78 is 1.78. The van der Waals surface area contributed by atoms with Crippen LogP contribution in [0, 0.1) is 6.57 Å². The molecule has 1 aromatic carbocycles. The quantitative estimate of drug-likeness (QED) is 0.517. The van der Waals surface area contributed by atoms with Gasteiger partial charge < -0.3 is 5.73 Å². The predicted molar refractivity (Wildman–Crippen MR) is 118 cm³/mol. The van der Waals surface area contributed by atoms with Crippen molar-refractivity contribution in [2.75, 3.05) is 13.1 Å². The minimum atomic E-state index is -0.00830. The Hall–Kier alpha value is -3.67. The first kappa shape index (κ1) is 18.4. The average molecular weight is 412 g/mol. The lowest BCUT2D eigenvalue weighted by Gasteiger charge is -2.16. The summed E-state index contributed by atoms with van der Waals surface area (Å²) in [4.78, 5) is 26.5. The molecule has 0 saturated heterocycles. The van der Waals surface area contributed by atoms with Crippen LogP contribution >= 0.6 is 11.3 Å². The normalized spacial score (nSPS) is 13.2. The Morgan fingerprint density at radius 1 is 1.27 bits per heavy atom. The third kappa shape index (κ3) is 2.68. The van der Waals surface area contributed by atoms with Crippen molar-refractivity contribution in [3.63, 3.8) is 0 Å². The minimum Gasteiger partial charge on any atom is -0.325 e. The standard InChI is InChI=1S/C22H16N6OS/c1-24-19-14-4-3-7-25-22(14)30-21(19)20-16(10-27-28(20)2)12-5-6-13-15(8-12)17(9-23)26-11-18(13)29/h3-8,10H,9,11,23H2,2H3. The van der Waals surface area contributed by atoms with Crippen LogP contribution in [0.2, 0.25) is 0 Å². The number of hydrogen-bond donors (Lipinski definition) is 1. The molecule has 0 unspecified atom stereocenters. The van der Waals surface area contributed by atoms with E-state index in [1.807, 2.05) is 37.4 Å². The fourth-order valence-corrected chi connectivity index (χ4v) is 4.99. The molecule has 0 atom stereocenters. The van der Waals surface area contributed by atoms with Crippen molar-refractivity contribution in [2.45, 2.75) is 0 Å². The zero-order valence-electron chi connectivity index (χ0n) is 16.1. The molecule has 0 radical (unpaired) electrons. The number of ketones is 1. The van der Waals surface area contributed by atoms with Crippen molar-refractivity contribution in [3.05, 3.63) is 65.3 Å². The van der Waals surface area contributed by atoms with E-state index < -0.39 is 0 Å². The Kier molecular flexibility index (Phi) is 4.28. The van der Waals surface area contributed by atoms with E-state index in [2.05, 4.69) is 19.9 Å². The number of fused-ring (bicyclic) bond motifs is 2. The lowest BCUT2D eigenvalue weighted by molar-refractivity contribution is 0.1000. The lowest BCUT2D eigenvalue weighted by atomic mass is 9.92. The van der Waals surface area contributed by atoms with Gasteiger partial charge in [0.25, 0.3) is 0 Å². The number of rotatable bonds is 3. The summed E-state index contributed by atoms with van der Waals surface area (Å²) in [6, 6.07) is 9.45. The SMILES string of the molecule is [C-]#[N+]c1c(-c2c(-c3ccc4c(c3)C(CN)=NCC4=O)cnn2C)sc2ncccc12. The Morgan fingerprint density at radius 3 is 2.93 bits per heavy atom. The fourth-order valence-electron chi connectivity index (χ4n) is 3.82. The molecule has 2 N–H and O–H groups in total. The molecule has 0 fully saturated rings. The Balaban J connectivity index is 1.73. The van der Waals surface area contributed by atoms with Crippen LogP contribution in [0.1, 0.15) is 15.9 Å². The summed E-state index contributed by atoms with van der Waals surface area (Å²) in [5, 5.41) is 5.30. The molecule has 146 valence electrons. The molecule has 1 aliphatic rings. The number of thiophene rings is 1. The summed E-state index contributed by atoms with van der Waals surface area (Å²) in [7, 11) is 1.86. The summed E-state index contributed by atoms with van der Waals surface area (Å²) in [6.07, 6.45) is 3.52. The number of hydrogen-bond acceptors (Lipinski definition) is 6. The number of aromatic nitrogens is 3. The molecule has 0 aliphatic carbocycles. The van der Waals surface area contributed by atoms with E-state index in [0.717, 1.165) is 43.2 Å². The van der Waals surface area contributed by atoms with Crippen molar-refractivity contribution in [1.29, 1.82) is 0 Å². The molecule has 7 nitrogen and oxygen atoms in total. The van der Waals surface area contributed by atoms with Crippen LogP contribution in [0.5, 0.6) is 0 Å². The second-order valence-corrected chi connectivity index (χ2v) is 7.93. The highest BCUT2D eigenvalue weighted by atomic mass is 32.1. The van der Waals surface area contributed by atoms with Gasteiger partial charge in [0.15, 0.2) is 5.78 Å². The molecule has 1 aliphatic heterocycles. The van der Waals surface area contributed by atoms with Crippen LogP contribution in [0.4, 0.5) is 5.69 Å². The van der Waals surface area contributed by atoms with E-state index in [1.165, 1.54) is 11.3 Å². The first-order valence-electron chi connectivity index (χ1n) is 9.31. The maximum atomic E-state index is 12.3. The molecular formula is C22H16N6OS. The van der Waals surface area contributed by atoms with Crippen LogP contribution in [-0.4, -0.2) is 39.3 Å². The second kappa shape index (κ2) is 6.99. The lowest BCUT2D eigenvalue weighted by Crippen LogP contribution is -2.24. The third-order valence-electron chi connectivity index (χ3n) is 5.25. The number of pyridine rings is 1.